The highest BCUT2D eigenvalue weighted by Crippen LogP contribution is 2.26. The summed E-state index contributed by atoms with van der Waals surface area (Å²) in [6.45, 7) is 4.85. The van der Waals surface area contributed by atoms with Crippen molar-refractivity contribution in [2.24, 2.45) is 5.92 Å². The summed E-state index contributed by atoms with van der Waals surface area (Å²) < 4.78 is 5.75. The Labute approximate surface area is 143 Å². The molecule has 2 aromatic rings. The first-order valence-electron chi connectivity index (χ1n) is 8.24. The average Bonchev–Trinajstić information content (AvgIpc) is 2.58. The maximum absolute atomic E-state index is 12.4. The van der Waals surface area contributed by atoms with E-state index in [-0.39, 0.29) is 23.1 Å². The van der Waals surface area contributed by atoms with E-state index in [1.165, 1.54) is 6.07 Å². The standard InChI is InChI=1S/C20H25NO3/c1-14(2)11-16(21-3)13-24-17-9-10-18(19(22)12-17)20(23)15-7-5-4-6-8-15/h4-10,12,14,16,21-22H,11,13H2,1-3H3. The van der Waals surface area contributed by atoms with Gasteiger partial charge in [0.25, 0.3) is 0 Å². The van der Waals surface area contributed by atoms with Crippen LogP contribution in [0.15, 0.2) is 48.5 Å². The topological polar surface area (TPSA) is 58.6 Å². The second kappa shape index (κ2) is 8.50. The Bertz CT molecular complexity index is 668. The quantitative estimate of drug-likeness (QED) is 0.727. The molecule has 4 heteroatoms. The number of rotatable bonds is 8. The number of carbonyl (C=O) groups is 1. The molecule has 1 unspecified atom stereocenters. The lowest BCUT2D eigenvalue weighted by Crippen LogP contribution is -2.33. The Balaban J connectivity index is 2.05. The van der Waals surface area contributed by atoms with Crippen molar-refractivity contribution in [1.29, 1.82) is 0 Å². The van der Waals surface area contributed by atoms with Gasteiger partial charge >= 0.3 is 0 Å². The molecule has 1 atom stereocenters. The molecule has 0 fully saturated rings. The van der Waals surface area contributed by atoms with E-state index in [0.29, 0.717) is 23.8 Å². The Morgan fingerprint density at radius 2 is 1.88 bits per heavy atom. The maximum Gasteiger partial charge on any atom is 0.196 e. The molecule has 0 saturated heterocycles. The van der Waals surface area contributed by atoms with Crippen molar-refractivity contribution in [3.05, 3.63) is 59.7 Å². The number of ketones is 1. The molecule has 0 aliphatic carbocycles. The lowest BCUT2D eigenvalue weighted by atomic mass is 10.0. The fraction of sp³-hybridized carbons (Fsp3) is 0.350. The fourth-order valence-electron chi connectivity index (χ4n) is 2.57. The number of nitrogens with one attached hydrogen (secondary N) is 1. The molecule has 2 aromatic carbocycles. The number of benzene rings is 2. The molecular formula is C20H25NO3. The smallest absolute Gasteiger partial charge is 0.196 e. The molecule has 0 heterocycles. The second-order valence-electron chi connectivity index (χ2n) is 6.30. The summed E-state index contributed by atoms with van der Waals surface area (Å²) in [5.41, 5.74) is 0.828. The molecule has 2 N–H and O–H groups in total. The Hall–Kier alpha value is -2.33. The lowest BCUT2D eigenvalue weighted by molar-refractivity contribution is 0.103. The highest BCUT2D eigenvalue weighted by Gasteiger charge is 2.15. The van der Waals surface area contributed by atoms with Crippen LogP contribution in [0.1, 0.15) is 36.2 Å². The Morgan fingerprint density at radius 1 is 1.17 bits per heavy atom. The number of phenols is 1. The first-order valence-corrected chi connectivity index (χ1v) is 8.24. The summed E-state index contributed by atoms with van der Waals surface area (Å²) in [6, 6.07) is 14.0. The Kier molecular flexibility index (Phi) is 6.38. The third-order valence-corrected chi connectivity index (χ3v) is 3.87. The predicted molar refractivity (Wildman–Crippen MR) is 95.8 cm³/mol. The SMILES string of the molecule is CNC(COc1ccc(C(=O)c2ccccc2)c(O)c1)CC(C)C. The number of phenolic OH excluding ortho intramolecular Hbond substituents is 1. The van der Waals surface area contributed by atoms with E-state index in [1.807, 2.05) is 13.1 Å². The number of aromatic hydroxyl groups is 1. The van der Waals surface area contributed by atoms with Crippen molar-refractivity contribution in [1.82, 2.24) is 5.32 Å². The zero-order chi connectivity index (χ0) is 17.5. The van der Waals surface area contributed by atoms with E-state index < -0.39 is 0 Å². The fourth-order valence-corrected chi connectivity index (χ4v) is 2.57. The predicted octanol–water partition coefficient (Wildman–Crippen LogP) is 3.64. The van der Waals surface area contributed by atoms with Gasteiger partial charge in [0.15, 0.2) is 5.78 Å². The number of carbonyl (C=O) groups excluding carboxylic acids is 1. The molecule has 0 radical (unpaired) electrons. The zero-order valence-corrected chi connectivity index (χ0v) is 14.5. The van der Waals surface area contributed by atoms with Gasteiger partial charge in [-0.25, -0.2) is 0 Å². The van der Waals surface area contributed by atoms with Gasteiger partial charge in [-0.1, -0.05) is 44.2 Å². The molecule has 0 aliphatic heterocycles. The van der Waals surface area contributed by atoms with Gasteiger partial charge in [-0.3, -0.25) is 4.79 Å². The molecule has 24 heavy (non-hydrogen) atoms. The number of hydrogen-bond donors (Lipinski definition) is 2. The van der Waals surface area contributed by atoms with Gasteiger partial charge in [-0.2, -0.15) is 0 Å². The normalized spacial score (nSPS) is 12.2. The van der Waals surface area contributed by atoms with E-state index in [2.05, 4.69) is 19.2 Å². The van der Waals surface area contributed by atoms with Crippen LogP contribution in [0.4, 0.5) is 0 Å². The molecule has 2 rings (SSSR count). The maximum atomic E-state index is 12.4. The minimum absolute atomic E-state index is 0.0637. The number of ether oxygens (including phenoxy) is 1. The Morgan fingerprint density at radius 3 is 2.46 bits per heavy atom. The van der Waals surface area contributed by atoms with Gasteiger partial charge < -0.3 is 15.2 Å². The van der Waals surface area contributed by atoms with E-state index >= 15 is 0 Å². The molecule has 0 aliphatic rings. The second-order valence-corrected chi connectivity index (χ2v) is 6.30. The van der Waals surface area contributed by atoms with Crippen molar-refractivity contribution < 1.29 is 14.6 Å². The van der Waals surface area contributed by atoms with Gasteiger partial charge in [0, 0.05) is 17.7 Å². The third-order valence-electron chi connectivity index (χ3n) is 3.87. The summed E-state index contributed by atoms with van der Waals surface area (Å²) in [5, 5.41) is 13.4. The first-order chi connectivity index (χ1) is 11.5. The molecule has 0 bridgehead atoms. The van der Waals surface area contributed by atoms with Crippen LogP contribution in [0.2, 0.25) is 0 Å². The summed E-state index contributed by atoms with van der Waals surface area (Å²) in [7, 11) is 1.91. The van der Waals surface area contributed by atoms with Crippen LogP contribution in [0.25, 0.3) is 0 Å². The van der Waals surface area contributed by atoms with Crippen LogP contribution < -0.4 is 10.1 Å². The van der Waals surface area contributed by atoms with Crippen LogP contribution in [-0.2, 0) is 0 Å². The zero-order valence-electron chi connectivity index (χ0n) is 14.5. The first kappa shape index (κ1) is 18.0. The van der Waals surface area contributed by atoms with Crippen molar-refractivity contribution in [2.75, 3.05) is 13.7 Å². The van der Waals surface area contributed by atoms with Gasteiger partial charge in [0.05, 0.1) is 5.56 Å². The monoisotopic (exact) mass is 327 g/mol. The summed E-state index contributed by atoms with van der Waals surface area (Å²) in [5.74, 6) is 0.866. The molecule has 128 valence electrons. The van der Waals surface area contributed by atoms with Crippen LogP contribution in [-0.4, -0.2) is 30.6 Å². The van der Waals surface area contributed by atoms with Crippen molar-refractivity contribution >= 4 is 5.78 Å². The largest absolute Gasteiger partial charge is 0.507 e. The number of likely N-dealkylation sites (N-methyl/N-ethyl adjacent to an activating group) is 1. The van der Waals surface area contributed by atoms with Crippen LogP contribution in [0.5, 0.6) is 11.5 Å². The van der Waals surface area contributed by atoms with Crippen LogP contribution >= 0.6 is 0 Å². The van der Waals surface area contributed by atoms with E-state index in [0.717, 1.165) is 6.42 Å². The molecule has 4 nitrogen and oxygen atoms in total. The summed E-state index contributed by atoms with van der Waals surface area (Å²) >= 11 is 0. The summed E-state index contributed by atoms with van der Waals surface area (Å²) in [4.78, 5) is 12.4. The van der Waals surface area contributed by atoms with E-state index in [1.54, 1.807) is 36.4 Å². The summed E-state index contributed by atoms with van der Waals surface area (Å²) in [6.07, 6.45) is 1.01. The van der Waals surface area contributed by atoms with E-state index in [4.69, 9.17) is 4.74 Å². The molecular weight excluding hydrogens is 302 g/mol. The minimum atomic E-state index is -0.201. The van der Waals surface area contributed by atoms with Gasteiger partial charge in [0.1, 0.15) is 18.1 Å². The molecule has 0 amide bonds. The van der Waals surface area contributed by atoms with Gasteiger partial charge in [0.2, 0.25) is 0 Å². The molecule has 0 spiro atoms. The molecule has 0 aromatic heterocycles. The highest BCUT2D eigenvalue weighted by atomic mass is 16.5. The lowest BCUT2D eigenvalue weighted by Gasteiger charge is -2.19. The minimum Gasteiger partial charge on any atom is -0.507 e. The van der Waals surface area contributed by atoms with Crippen LogP contribution in [0.3, 0.4) is 0 Å². The highest BCUT2D eigenvalue weighted by molar-refractivity contribution is 6.10. The van der Waals surface area contributed by atoms with E-state index in [9.17, 15) is 9.90 Å². The van der Waals surface area contributed by atoms with Crippen molar-refractivity contribution in [2.45, 2.75) is 26.3 Å². The van der Waals surface area contributed by atoms with Gasteiger partial charge in [-0.05, 0) is 31.5 Å². The average molecular weight is 327 g/mol. The molecule has 0 saturated carbocycles. The van der Waals surface area contributed by atoms with Gasteiger partial charge in [-0.15, -0.1) is 0 Å². The third kappa shape index (κ3) is 4.83. The number of hydrogen-bond acceptors (Lipinski definition) is 4. The van der Waals surface area contributed by atoms with Crippen LogP contribution in [0, 0.1) is 5.92 Å². The van der Waals surface area contributed by atoms with Crippen molar-refractivity contribution in [3.8, 4) is 11.5 Å². The van der Waals surface area contributed by atoms with Crippen molar-refractivity contribution in [3.63, 3.8) is 0 Å².